The minimum Gasteiger partial charge on any atom is -0.329 e. The van der Waals surface area contributed by atoms with Crippen molar-refractivity contribution in [3.63, 3.8) is 0 Å². The summed E-state index contributed by atoms with van der Waals surface area (Å²) in [6.45, 7) is 2.03. The molecule has 5 nitrogen and oxygen atoms in total. The van der Waals surface area contributed by atoms with Crippen LogP contribution in [0.4, 0.5) is 17.5 Å². The molecule has 0 atom stereocenters. The number of benzene rings is 2. The van der Waals surface area contributed by atoms with Crippen LogP contribution >= 0.6 is 0 Å². The van der Waals surface area contributed by atoms with Gasteiger partial charge in [0.1, 0.15) is 5.82 Å². The first-order chi connectivity index (χ1) is 10.2. The monoisotopic (exact) mass is 279 g/mol. The first-order valence-corrected chi connectivity index (χ1v) is 6.73. The molecule has 1 heterocycles. The average Bonchev–Trinajstić information content (AvgIpc) is 2.54. The lowest BCUT2D eigenvalue weighted by molar-refractivity contribution is 1.09. The minimum absolute atomic E-state index is 0.412. The molecule has 0 spiro atoms. The van der Waals surface area contributed by atoms with Gasteiger partial charge in [0.05, 0.1) is 5.52 Å². The predicted molar refractivity (Wildman–Crippen MR) is 86.6 cm³/mol. The van der Waals surface area contributed by atoms with Gasteiger partial charge in [-0.15, -0.1) is 0 Å². The van der Waals surface area contributed by atoms with Crippen LogP contribution in [0.1, 0.15) is 5.56 Å². The summed E-state index contributed by atoms with van der Waals surface area (Å²) in [6.07, 6.45) is 0. The van der Waals surface area contributed by atoms with E-state index in [0.29, 0.717) is 5.95 Å². The summed E-state index contributed by atoms with van der Waals surface area (Å²) in [5.74, 6) is 6.74. The first kappa shape index (κ1) is 13.3. The molecule has 0 unspecified atom stereocenters. The molecular weight excluding hydrogens is 262 g/mol. The number of hydrogen-bond acceptors (Lipinski definition) is 5. The second kappa shape index (κ2) is 5.38. The highest BCUT2D eigenvalue weighted by atomic mass is 15.3. The number of hydrogen-bond donors (Lipinski definition) is 2. The molecule has 3 rings (SSSR count). The Bertz CT molecular complexity index is 770. The SMILES string of the molecule is Cc1cccc2c(N(C)c3ccccc3)nc(NN)nc12. The molecule has 0 saturated carbocycles. The predicted octanol–water partition coefficient (Wildman–Crippen LogP) is 2.99. The number of hydrazine groups is 1. The van der Waals surface area contributed by atoms with E-state index in [9.17, 15) is 0 Å². The fourth-order valence-corrected chi connectivity index (χ4v) is 2.37. The van der Waals surface area contributed by atoms with Crippen LogP contribution in [0, 0.1) is 6.92 Å². The Morgan fingerprint density at radius 3 is 2.48 bits per heavy atom. The van der Waals surface area contributed by atoms with Crippen molar-refractivity contribution in [2.45, 2.75) is 6.92 Å². The maximum atomic E-state index is 5.51. The van der Waals surface area contributed by atoms with E-state index in [-0.39, 0.29) is 0 Å². The first-order valence-electron chi connectivity index (χ1n) is 6.73. The van der Waals surface area contributed by atoms with Gasteiger partial charge in [0.2, 0.25) is 5.95 Å². The summed E-state index contributed by atoms with van der Waals surface area (Å²) in [6, 6.07) is 16.1. The van der Waals surface area contributed by atoms with Gasteiger partial charge in [-0.2, -0.15) is 4.98 Å². The summed E-state index contributed by atoms with van der Waals surface area (Å²) in [5.41, 5.74) is 5.59. The number of nitrogens with zero attached hydrogens (tertiary/aromatic N) is 3. The number of aromatic nitrogens is 2. The third-order valence-electron chi connectivity index (χ3n) is 3.50. The molecule has 0 aliphatic rings. The summed E-state index contributed by atoms with van der Waals surface area (Å²) in [5, 5.41) is 1.00. The molecule has 0 aliphatic heterocycles. The zero-order valence-electron chi connectivity index (χ0n) is 12.0. The molecule has 0 bridgehead atoms. The normalized spacial score (nSPS) is 10.6. The molecule has 21 heavy (non-hydrogen) atoms. The number of nitrogen functional groups attached to an aromatic ring is 1. The molecule has 5 heteroatoms. The van der Waals surface area contributed by atoms with Crippen LogP contribution in [0.3, 0.4) is 0 Å². The Morgan fingerprint density at radius 2 is 1.76 bits per heavy atom. The van der Waals surface area contributed by atoms with Crippen LogP contribution in [0.25, 0.3) is 10.9 Å². The van der Waals surface area contributed by atoms with Gasteiger partial charge in [0, 0.05) is 18.1 Å². The lowest BCUT2D eigenvalue weighted by atomic mass is 10.1. The Balaban J connectivity index is 2.24. The van der Waals surface area contributed by atoms with Crippen LogP contribution in [-0.2, 0) is 0 Å². The van der Waals surface area contributed by atoms with Gasteiger partial charge in [-0.3, -0.25) is 5.43 Å². The minimum atomic E-state index is 0.412. The standard InChI is InChI=1S/C16H17N5/c1-11-7-6-10-13-14(11)18-16(20-17)19-15(13)21(2)12-8-4-3-5-9-12/h3-10H,17H2,1-2H3,(H,18,19,20). The Morgan fingerprint density at radius 1 is 1.00 bits per heavy atom. The molecule has 0 amide bonds. The molecule has 3 N–H and O–H groups in total. The van der Waals surface area contributed by atoms with Gasteiger partial charge in [-0.25, -0.2) is 10.8 Å². The molecule has 2 aromatic carbocycles. The van der Waals surface area contributed by atoms with E-state index >= 15 is 0 Å². The Labute approximate surface area is 123 Å². The van der Waals surface area contributed by atoms with Gasteiger partial charge < -0.3 is 4.90 Å². The number of aryl methyl sites for hydroxylation is 1. The van der Waals surface area contributed by atoms with E-state index in [0.717, 1.165) is 28.0 Å². The molecular formula is C16H17N5. The largest absolute Gasteiger partial charge is 0.329 e. The van der Waals surface area contributed by atoms with Gasteiger partial charge in [-0.05, 0) is 30.7 Å². The van der Waals surface area contributed by atoms with Crippen molar-refractivity contribution < 1.29 is 0 Å². The zero-order chi connectivity index (χ0) is 14.8. The van der Waals surface area contributed by atoms with Gasteiger partial charge in [-0.1, -0.05) is 30.3 Å². The fourth-order valence-electron chi connectivity index (χ4n) is 2.37. The summed E-state index contributed by atoms with van der Waals surface area (Å²) >= 11 is 0. The van der Waals surface area contributed by atoms with Crippen LogP contribution in [-0.4, -0.2) is 17.0 Å². The number of nitrogens with two attached hydrogens (primary N) is 1. The van der Waals surface area contributed by atoms with E-state index < -0.39 is 0 Å². The summed E-state index contributed by atoms with van der Waals surface area (Å²) < 4.78 is 0. The number of rotatable bonds is 3. The highest BCUT2D eigenvalue weighted by molar-refractivity contribution is 5.94. The maximum Gasteiger partial charge on any atom is 0.239 e. The van der Waals surface area contributed by atoms with Crippen molar-refractivity contribution in [2.24, 2.45) is 5.84 Å². The number of para-hydroxylation sites is 2. The van der Waals surface area contributed by atoms with Crippen LogP contribution in [0.15, 0.2) is 48.5 Å². The van der Waals surface area contributed by atoms with Gasteiger partial charge in [0.15, 0.2) is 0 Å². The highest BCUT2D eigenvalue weighted by Crippen LogP contribution is 2.30. The molecule has 0 aliphatic carbocycles. The van der Waals surface area contributed by atoms with Crippen molar-refractivity contribution >= 4 is 28.4 Å². The molecule has 106 valence electrons. The highest BCUT2D eigenvalue weighted by Gasteiger charge is 2.13. The number of fused-ring (bicyclic) bond motifs is 1. The second-order valence-corrected chi connectivity index (χ2v) is 4.88. The molecule has 0 fully saturated rings. The second-order valence-electron chi connectivity index (χ2n) is 4.88. The lowest BCUT2D eigenvalue weighted by Gasteiger charge is -2.21. The third kappa shape index (κ3) is 2.39. The van der Waals surface area contributed by atoms with E-state index in [2.05, 4.69) is 15.4 Å². The Hall–Kier alpha value is -2.66. The van der Waals surface area contributed by atoms with Crippen molar-refractivity contribution in [1.29, 1.82) is 0 Å². The number of nitrogens with one attached hydrogen (secondary N) is 1. The van der Waals surface area contributed by atoms with E-state index in [1.54, 1.807) is 0 Å². The van der Waals surface area contributed by atoms with Crippen molar-refractivity contribution in [1.82, 2.24) is 9.97 Å². The van der Waals surface area contributed by atoms with Crippen LogP contribution in [0.5, 0.6) is 0 Å². The van der Waals surface area contributed by atoms with Gasteiger partial charge in [0.25, 0.3) is 0 Å². The quantitative estimate of drug-likeness (QED) is 0.570. The average molecular weight is 279 g/mol. The van der Waals surface area contributed by atoms with Crippen molar-refractivity contribution in [3.8, 4) is 0 Å². The van der Waals surface area contributed by atoms with E-state index in [1.165, 1.54) is 0 Å². The summed E-state index contributed by atoms with van der Waals surface area (Å²) in [7, 11) is 1.99. The van der Waals surface area contributed by atoms with Crippen LogP contribution in [0.2, 0.25) is 0 Å². The Kier molecular flexibility index (Phi) is 3.41. The topological polar surface area (TPSA) is 67.1 Å². The molecule has 0 saturated heterocycles. The summed E-state index contributed by atoms with van der Waals surface area (Å²) in [4.78, 5) is 11.0. The fraction of sp³-hybridized carbons (Fsp3) is 0.125. The molecule has 3 aromatic rings. The van der Waals surface area contributed by atoms with E-state index in [4.69, 9.17) is 5.84 Å². The van der Waals surface area contributed by atoms with Gasteiger partial charge >= 0.3 is 0 Å². The maximum absolute atomic E-state index is 5.51. The van der Waals surface area contributed by atoms with Crippen molar-refractivity contribution in [2.75, 3.05) is 17.4 Å². The van der Waals surface area contributed by atoms with Crippen molar-refractivity contribution in [3.05, 3.63) is 54.1 Å². The smallest absolute Gasteiger partial charge is 0.239 e. The lowest BCUT2D eigenvalue weighted by Crippen LogP contribution is -2.16. The molecule has 0 radical (unpaired) electrons. The van der Waals surface area contributed by atoms with Crippen LogP contribution < -0.4 is 16.2 Å². The molecule has 1 aromatic heterocycles. The zero-order valence-corrected chi connectivity index (χ0v) is 12.0. The third-order valence-corrected chi connectivity index (χ3v) is 3.50. The number of anilines is 3. The van der Waals surface area contributed by atoms with E-state index in [1.807, 2.05) is 67.4 Å².